The second kappa shape index (κ2) is 10.5. The molecule has 1 aliphatic heterocycles. The van der Waals surface area contributed by atoms with Crippen LogP contribution in [0.15, 0.2) is 42.7 Å². The highest BCUT2D eigenvalue weighted by atomic mass is 35.5. The van der Waals surface area contributed by atoms with E-state index in [0.29, 0.717) is 64.3 Å². The van der Waals surface area contributed by atoms with Crippen LogP contribution in [0, 0.1) is 0 Å². The Balaban J connectivity index is 1.44. The van der Waals surface area contributed by atoms with Crippen molar-refractivity contribution in [2.75, 3.05) is 26.8 Å². The summed E-state index contributed by atoms with van der Waals surface area (Å²) in [5.74, 6) is 1.36. The average Bonchev–Trinajstić information content (AvgIpc) is 3.46. The molecule has 186 valence electrons. The molecule has 1 fully saturated rings. The summed E-state index contributed by atoms with van der Waals surface area (Å²) < 4.78 is 13.0. The van der Waals surface area contributed by atoms with E-state index in [4.69, 9.17) is 44.3 Å². The lowest BCUT2D eigenvalue weighted by Gasteiger charge is -2.17. The summed E-state index contributed by atoms with van der Waals surface area (Å²) in [5.41, 5.74) is 3.20. The molecule has 3 heterocycles. The number of carbonyl (C=O) groups is 1. The summed E-state index contributed by atoms with van der Waals surface area (Å²) in [6.45, 7) is 2.08. The molecule has 4 aromatic rings. The van der Waals surface area contributed by atoms with Crippen molar-refractivity contribution >= 4 is 51.9 Å². The van der Waals surface area contributed by atoms with E-state index < -0.39 is 0 Å². The molecule has 0 spiro atoms. The highest BCUT2D eigenvalue weighted by Gasteiger charge is 2.21. The number of methoxy groups -OCH3 is 1. The van der Waals surface area contributed by atoms with E-state index in [2.05, 4.69) is 15.0 Å². The number of imidazole rings is 1. The predicted molar refractivity (Wildman–Crippen MR) is 139 cm³/mol. The molecular formula is C25H22Cl3N5O3. The first-order chi connectivity index (χ1) is 17.4. The molecule has 0 bridgehead atoms. The Morgan fingerprint density at radius 3 is 2.58 bits per heavy atom. The number of hydrogen-bond acceptors (Lipinski definition) is 6. The summed E-state index contributed by atoms with van der Waals surface area (Å²) in [4.78, 5) is 27.0. The summed E-state index contributed by atoms with van der Waals surface area (Å²) in [6, 6.07) is 11.1. The van der Waals surface area contributed by atoms with Gasteiger partial charge in [0.25, 0.3) is 0 Å². The minimum Gasteiger partial charge on any atom is -0.497 e. The van der Waals surface area contributed by atoms with Crippen molar-refractivity contribution in [3.05, 3.63) is 63.6 Å². The van der Waals surface area contributed by atoms with Crippen molar-refractivity contribution < 1.29 is 14.3 Å². The fourth-order valence-electron chi connectivity index (χ4n) is 4.18. The Morgan fingerprint density at radius 1 is 1.06 bits per heavy atom. The maximum absolute atomic E-state index is 11.9. The first-order valence-electron chi connectivity index (χ1n) is 11.3. The highest BCUT2D eigenvalue weighted by molar-refractivity contribution is 6.37. The van der Waals surface area contributed by atoms with Gasteiger partial charge in [-0.1, -0.05) is 35.3 Å². The third kappa shape index (κ3) is 5.07. The van der Waals surface area contributed by atoms with E-state index in [-0.39, 0.29) is 11.2 Å². The quantitative estimate of drug-likeness (QED) is 0.271. The van der Waals surface area contributed by atoms with E-state index in [1.807, 2.05) is 28.8 Å². The first kappa shape index (κ1) is 24.6. The van der Waals surface area contributed by atoms with Gasteiger partial charge in [-0.15, -0.1) is 0 Å². The monoisotopic (exact) mass is 545 g/mol. The fraction of sp³-hybridized carbons (Fsp3) is 0.280. The molecule has 0 saturated carbocycles. The molecule has 11 heteroatoms. The Kier molecular flexibility index (Phi) is 7.18. The Hall–Kier alpha value is -3.07. The molecule has 0 atom stereocenters. The Morgan fingerprint density at radius 2 is 1.86 bits per heavy atom. The van der Waals surface area contributed by atoms with Crippen LogP contribution in [0.2, 0.25) is 15.3 Å². The van der Waals surface area contributed by atoms with Gasteiger partial charge in [0.05, 0.1) is 36.6 Å². The number of aromatic nitrogens is 4. The van der Waals surface area contributed by atoms with E-state index in [1.54, 1.807) is 30.5 Å². The summed E-state index contributed by atoms with van der Waals surface area (Å²) in [5, 5.41) is 0.802. The molecule has 8 nitrogen and oxygen atoms in total. The number of halogens is 3. The van der Waals surface area contributed by atoms with Gasteiger partial charge in [0.15, 0.2) is 5.65 Å². The molecule has 0 aliphatic carbocycles. The van der Waals surface area contributed by atoms with Crippen LogP contribution < -0.4 is 9.47 Å². The largest absolute Gasteiger partial charge is 0.497 e. The minimum absolute atomic E-state index is 0.0648. The zero-order valence-electron chi connectivity index (χ0n) is 19.4. The SMILES string of the molecule is COc1ccc(Cn2cnc3c(-c4cc(OCCN5CCCC5=O)c(Cl)cc4Cl)nc(Cl)nc32)cc1. The second-order valence-corrected chi connectivity index (χ2v) is 9.48. The van der Waals surface area contributed by atoms with Gasteiger partial charge >= 0.3 is 0 Å². The van der Waals surface area contributed by atoms with E-state index >= 15 is 0 Å². The van der Waals surface area contributed by atoms with Gasteiger partial charge < -0.3 is 18.9 Å². The molecule has 5 rings (SSSR count). The first-order valence-corrected chi connectivity index (χ1v) is 12.5. The van der Waals surface area contributed by atoms with Crippen molar-refractivity contribution in [1.29, 1.82) is 0 Å². The number of fused-ring (bicyclic) bond motifs is 1. The lowest BCUT2D eigenvalue weighted by atomic mass is 10.1. The lowest BCUT2D eigenvalue weighted by Crippen LogP contribution is -2.29. The van der Waals surface area contributed by atoms with Crippen LogP contribution in [0.25, 0.3) is 22.4 Å². The fourth-order valence-corrected chi connectivity index (χ4v) is 4.87. The van der Waals surface area contributed by atoms with Gasteiger partial charge in [0, 0.05) is 18.5 Å². The van der Waals surface area contributed by atoms with Crippen LogP contribution in [0.5, 0.6) is 11.5 Å². The summed E-state index contributed by atoms with van der Waals surface area (Å²) >= 11 is 19.3. The smallest absolute Gasteiger partial charge is 0.225 e. The van der Waals surface area contributed by atoms with Crippen molar-refractivity contribution in [1.82, 2.24) is 24.4 Å². The van der Waals surface area contributed by atoms with Crippen molar-refractivity contribution in [2.45, 2.75) is 19.4 Å². The van der Waals surface area contributed by atoms with Crippen molar-refractivity contribution in [3.8, 4) is 22.8 Å². The van der Waals surface area contributed by atoms with Crippen LogP contribution in [0.3, 0.4) is 0 Å². The van der Waals surface area contributed by atoms with Crippen LogP contribution in [0.1, 0.15) is 18.4 Å². The zero-order chi connectivity index (χ0) is 25.2. The number of likely N-dealkylation sites (tertiary alicyclic amines) is 1. The van der Waals surface area contributed by atoms with Gasteiger partial charge in [0.1, 0.15) is 29.3 Å². The van der Waals surface area contributed by atoms with Gasteiger partial charge in [-0.05, 0) is 47.9 Å². The molecule has 1 amide bonds. The molecule has 2 aromatic carbocycles. The Bertz CT molecular complexity index is 1420. The van der Waals surface area contributed by atoms with Gasteiger partial charge in [-0.25, -0.2) is 9.97 Å². The van der Waals surface area contributed by atoms with Gasteiger partial charge in [0.2, 0.25) is 11.2 Å². The number of hydrogen-bond donors (Lipinski definition) is 0. The topological polar surface area (TPSA) is 82.4 Å². The number of ether oxygens (including phenoxy) is 2. The van der Waals surface area contributed by atoms with Crippen LogP contribution >= 0.6 is 34.8 Å². The average molecular weight is 547 g/mol. The molecular weight excluding hydrogens is 525 g/mol. The maximum atomic E-state index is 11.9. The molecule has 1 aliphatic rings. The predicted octanol–water partition coefficient (Wildman–Crippen LogP) is 5.51. The third-order valence-electron chi connectivity index (χ3n) is 6.02. The number of nitrogens with zero attached hydrogens (tertiary/aromatic N) is 5. The minimum atomic E-state index is 0.0648. The zero-order valence-corrected chi connectivity index (χ0v) is 21.6. The lowest BCUT2D eigenvalue weighted by molar-refractivity contribution is -0.128. The molecule has 0 radical (unpaired) electrons. The van der Waals surface area contributed by atoms with Crippen LogP contribution in [-0.4, -0.2) is 57.1 Å². The standard InChI is InChI=1S/C25H22Cl3N5O3/c1-35-16-6-4-15(5-7-16)13-33-14-29-23-22(30-25(28)31-24(23)33)17-11-20(19(27)12-18(17)26)36-10-9-32-8-2-3-21(32)34/h4-7,11-12,14H,2-3,8-10,13H2,1H3. The molecule has 36 heavy (non-hydrogen) atoms. The third-order valence-corrected chi connectivity index (χ3v) is 6.79. The number of carbonyl (C=O) groups excluding carboxylic acids is 1. The molecule has 1 saturated heterocycles. The normalized spacial score (nSPS) is 13.6. The van der Waals surface area contributed by atoms with E-state index in [9.17, 15) is 4.79 Å². The van der Waals surface area contributed by atoms with E-state index in [0.717, 1.165) is 24.3 Å². The molecule has 0 unspecified atom stereocenters. The summed E-state index contributed by atoms with van der Waals surface area (Å²) in [7, 11) is 1.63. The van der Waals surface area contributed by atoms with Crippen LogP contribution in [0.4, 0.5) is 0 Å². The molecule has 2 aromatic heterocycles. The van der Waals surface area contributed by atoms with Gasteiger partial charge in [-0.2, -0.15) is 4.98 Å². The number of amides is 1. The molecule has 0 N–H and O–H groups in total. The second-order valence-electron chi connectivity index (χ2n) is 8.33. The maximum Gasteiger partial charge on any atom is 0.225 e. The van der Waals surface area contributed by atoms with Crippen molar-refractivity contribution in [3.63, 3.8) is 0 Å². The summed E-state index contributed by atoms with van der Waals surface area (Å²) in [6.07, 6.45) is 3.15. The number of benzene rings is 2. The highest BCUT2D eigenvalue weighted by Crippen LogP contribution is 2.38. The number of rotatable bonds is 8. The van der Waals surface area contributed by atoms with Gasteiger partial charge in [-0.3, -0.25) is 4.79 Å². The van der Waals surface area contributed by atoms with E-state index in [1.165, 1.54) is 0 Å². The van der Waals surface area contributed by atoms with Crippen LogP contribution in [-0.2, 0) is 11.3 Å². The Labute approximate surface area is 222 Å². The van der Waals surface area contributed by atoms with Crippen molar-refractivity contribution in [2.24, 2.45) is 0 Å².